The highest BCUT2D eigenvalue weighted by atomic mass is 32.2. The van der Waals surface area contributed by atoms with E-state index >= 15 is 0 Å². The van der Waals surface area contributed by atoms with Crippen LogP contribution in [0.4, 0.5) is 0 Å². The molecule has 0 atom stereocenters. The van der Waals surface area contributed by atoms with Crippen LogP contribution in [0.1, 0.15) is 25.0 Å². The highest BCUT2D eigenvalue weighted by molar-refractivity contribution is 8.00. The van der Waals surface area contributed by atoms with Crippen LogP contribution in [0.15, 0.2) is 18.2 Å². The molecule has 3 nitrogen and oxygen atoms in total. The Morgan fingerprint density at radius 2 is 2.25 bits per heavy atom. The van der Waals surface area contributed by atoms with Crippen molar-refractivity contribution in [3.8, 4) is 5.75 Å². The molecule has 110 valence electrons. The van der Waals surface area contributed by atoms with Crippen molar-refractivity contribution in [1.82, 2.24) is 4.90 Å². The molecule has 0 bridgehead atoms. The number of thioether (sulfide) groups is 1. The molecule has 1 fully saturated rings. The Kier molecular flexibility index (Phi) is 4.94. The molecular formula is C15H22N2OS2. The Labute approximate surface area is 130 Å². The van der Waals surface area contributed by atoms with Gasteiger partial charge < -0.3 is 10.5 Å². The fraction of sp³-hybridized carbons (Fsp3) is 0.533. The fourth-order valence-corrected chi connectivity index (χ4v) is 3.89. The summed E-state index contributed by atoms with van der Waals surface area (Å²) >= 11 is 7.14. The van der Waals surface area contributed by atoms with Crippen molar-refractivity contribution in [1.29, 1.82) is 0 Å². The molecule has 1 saturated heterocycles. The average molecular weight is 310 g/mol. The first-order valence-corrected chi connectivity index (χ1v) is 8.14. The third-order valence-corrected chi connectivity index (χ3v) is 4.96. The zero-order chi connectivity index (χ0) is 14.8. The predicted octanol–water partition coefficient (Wildman–Crippen LogP) is 2.66. The number of methoxy groups -OCH3 is 1. The number of hydrogen-bond acceptors (Lipinski definition) is 4. The van der Waals surface area contributed by atoms with Gasteiger partial charge in [-0.1, -0.05) is 18.3 Å². The largest absolute Gasteiger partial charge is 0.496 e. The molecule has 2 rings (SSSR count). The number of ether oxygens (including phenoxy) is 1. The van der Waals surface area contributed by atoms with Crippen molar-refractivity contribution < 1.29 is 4.74 Å². The molecule has 0 saturated carbocycles. The van der Waals surface area contributed by atoms with Gasteiger partial charge in [-0.2, -0.15) is 11.8 Å². The summed E-state index contributed by atoms with van der Waals surface area (Å²) in [4.78, 5) is 2.88. The van der Waals surface area contributed by atoms with E-state index in [-0.39, 0.29) is 0 Å². The normalized spacial score (nSPS) is 18.8. The Morgan fingerprint density at radius 1 is 1.50 bits per heavy atom. The fourth-order valence-electron chi connectivity index (χ4n) is 2.55. The molecule has 0 radical (unpaired) electrons. The lowest BCUT2D eigenvalue weighted by molar-refractivity contribution is 0.252. The summed E-state index contributed by atoms with van der Waals surface area (Å²) in [6, 6.07) is 6.10. The Hall–Kier alpha value is -0.780. The third kappa shape index (κ3) is 3.87. The molecule has 5 heteroatoms. The maximum absolute atomic E-state index is 5.77. The van der Waals surface area contributed by atoms with E-state index in [2.05, 4.69) is 30.9 Å². The third-order valence-electron chi connectivity index (χ3n) is 3.44. The summed E-state index contributed by atoms with van der Waals surface area (Å²) in [5.74, 6) is 1.93. The lowest BCUT2D eigenvalue weighted by Crippen LogP contribution is -2.42. The van der Waals surface area contributed by atoms with Gasteiger partial charge in [0.25, 0.3) is 0 Å². The van der Waals surface area contributed by atoms with E-state index in [1.54, 1.807) is 7.11 Å². The van der Waals surface area contributed by atoms with Gasteiger partial charge in [-0.25, -0.2) is 0 Å². The van der Waals surface area contributed by atoms with Gasteiger partial charge in [0.2, 0.25) is 0 Å². The average Bonchev–Trinajstić information content (AvgIpc) is 2.37. The second kappa shape index (κ2) is 6.33. The van der Waals surface area contributed by atoms with E-state index in [1.807, 2.05) is 17.8 Å². The summed E-state index contributed by atoms with van der Waals surface area (Å²) < 4.78 is 5.63. The van der Waals surface area contributed by atoms with Crippen LogP contribution in [-0.4, -0.2) is 40.6 Å². The molecule has 0 aromatic heterocycles. The van der Waals surface area contributed by atoms with Crippen molar-refractivity contribution in [3.63, 3.8) is 0 Å². The molecule has 1 aromatic rings. The predicted molar refractivity (Wildman–Crippen MR) is 90.7 cm³/mol. The topological polar surface area (TPSA) is 38.5 Å². The SMILES string of the molecule is COc1ccc(CN2CCSC(C)(C)C2)cc1C(N)=S. The van der Waals surface area contributed by atoms with E-state index in [0.717, 1.165) is 30.9 Å². The first-order valence-electron chi connectivity index (χ1n) is 6.74. The standard InChI is InChI=1S/C15H22N2OS2/c1-15(2)10-17(6-7-20-15)9-11-4-5-13(18-3)12(8-11)14(16)19/h4-5,8H,6-7,9-10H2,1-3H3,(H2,16,19). The Bertz CT molecular complexity index is 503. The zero-order valence-corrected chi connectivity index (χ0v) is 13.9. The van der Waals surface area contributed by atoms with Crippen LogP contribution in [-0.2, 0) is 6.54 Å². The molecular weight excluding hydrogens is 288 g/mol. The minimum absolute atomic E-state index is 0.330. The molecule has 0 unspecified atom stereocenters. The molecule has 2 N–H and O–H groups in total. The van der Waals surface area contributed by atoms with Gasteiger partial charge in [0.15, 0.2) is 0 Å². The highest BCUT2D eigenvalue weighted by Gasteiger charge is 2.26. The quantitative estimate of drug-likeness (QED) is 0.866. The summed E-state index contributed by atoms with van der Waals surface area (Å²) in [6.45, 7) is 7.77. The number of rotatable bonds is 4. The van der Waals surface area contributed by atoms with Crippen LogP contribution in [0, 0.1) is 0 Å². The van der Waals surface area contributed by atoms with E-state index in [1.165, 1.54) is 11.3 Å². The van der Waals surface area contributed by atoms with Crippen LogP contribution in [0.25, 0.3) is 0 Å². The summed E-state index contributed by atoms with van der Waals surface area (Å²) in [7, 11) is 1.64. The molecule has 1 heterocycles. The monoisotopic (exact) mass is 310 g/mol. The molecule has 1 aliphatic heterocycles. The van der Waals surface area contributed by atoms with Crippen LogP contribution in [0.5, 0.6) is 5.75 Å². The van der Waals surface area contributed by atoms with Gasteiger partial charge in [0.1, 0.15) is 10.7 Å². The first-order chi connectivity index (χ1) is 9.41. The molecule has 1 aliphatic rings. The maximum atomic E-state index is 5.77. The molecule has 0 aliphatic carbocycles. The maximum Gasteiger partial charge on any atom is 0.129 e. The van der Waals surface area contributed by atoms with Gasteiger partial charge in [-0.15, -0.1) is 0 Å². The van der Waals surface area contributed by atoms with E-state index in [4.69, 9.17) is 22.7 Å². The minimum atomic E-state index is 0.330. The number of hydrogen-bond donors (Lipinski definition) is 1. The van der Waals surface area contributed by atoms with E-state index in [9.17, 15) is 0 Å². The zero-order valence-electron chi connectivity index (χ0n) is 12.3. The van der Waals surface area contributed by atoms with Crippen molar-refractivity contribution in [2.24, 2.45) is 5.73 Å². The summed E-state index contributed by atoms with van der Waals surface area (Å²) in [5, 5.41) is 0. The second-order valence-corrected chi connectivity index (χ2v) is 7.96. The molecule has 20 heavy (non-hydrogen) atoms. The molecule has 0 spiro atoms. The van der Waals surface area contributed by atoms with Gasteiger partial charge in [-0.3, -0.25) is 4.90 Å². The molecule has 0 amide bonds. The lowest BCUT2D eigenvalue weighted by Gasteiger charge is -2.37. The summed E-state index contributed by atoms with van der Waals surface area (Å²) in [6.07, 6.45) is 0. The van der Waals surface area contributed by atoms with Gasteiger partial charge in [0.05, 0.1) is 12.7 Å². The highest BCUT2D eigenvalue weighted by Crippen LogP contribution is 2.30. The summed E-state index contributed by atoms with van der Waals surface area (Å²) in [5.41, 5.74) is 7.83. The second-order valence-electron chi connectivity index (χ2n) is 5.72. The van der Waals surface area contributed by atoms with Gasteiger partial charge in [0, 0.05) is 30.1 Å². The number of thiocarbonyl (C=S) groups is 1. The van der Waals surface area contributed by atoms with Crippen LogP contribution in [0.3, 0.4) is 0 Å². The van der Waals surface area contributed by atoms with Crippen molar-refractivity contribution in [2.45, 2.75) is 25.1 Å². The van der Waals surface area contributed by atoms with Gasteiger partial charge >= 0.3 is 0 Å². The van der Waals surface area contributed by atoms with Crippen molar-refractivity contribution in [2.75, 3.05) is 26.0 Å². The smallest absolute Gasteiger partial charge is 0.129 e. The molecule has 1 aromatic carbocycles. The number of nitrogens with zero attached hydrogens (tertiary/aromatic N) is 1. The van der Waals surface area contributed by atoms with Gasteiger partial charge in [-0.05, 0) is 31.5 Å². The minimum Gasteiger partial charge on any atom is -0.496 e. The van der Waals surface area contributed by atoms with Crippen LogP contribution >= 0.6 is 24.0 Å². The Balaban J connectivity index is 2.13. The first kappa shape index (κ1) is 15.6. The van der Waals surface area contributed by atoms with E-state index in [0.29, 0.717) is 9.74 Å². The Morgan fingerprint density at radius 3 is 2.85 bits per heavy atom. The number of benzene rings is 1. The van der Waals surface area contributed by atoms with Crippen molar-refractivity contribution in [3.05, 3.63) is 29.3 Å². The van der Waals surface area contributed by atoms with Crippen LogP contribution < -0.4 is 10.5 Å². The van der Waals surface area contributed by atoms with Crippen molar-refractivity contribution >= 4 is 29.0 Å². The lowest BCUT2D eigenvalue weighted by atomic mass is 10.1. The number of nitrogens with two attached hydrogens (primary N) is 1. The van der Waals surface area contributed by atoms with E-state index < -0.39 is 0 Å². The van der Waals surface area contributed by atoms with Crippen LogP contribution in [0.2, 0.25) is 0 Å².